The Morgan fingerprint density at radius 2 is 1.23 bits per heavy atom. The first-order chi connectivity index (χ1) is 18.9. The fourth-order valence-corrected chi connectivity index (χ4v) is 4.28. The Morgan fingerprint density at radius 1 is 0.625 bits per heavy atom. The monoisotopic (exact) mass is 564 g/mol. The quantitative estimate of drug-likeness (QED) is 0.196. The van der Waals surface area contributed by atoms with E-state index in [0.717, 1.165) is 6.07 Å². The molecule has 208 valence electrons. The Labute approximate surface area is 224 Å². The van der Waals surface area contributed by atoms with E-state index < -0.39 is 52.2 Å². The van der Waals surface area contributed by atoms with E-state index in [4.69, 9.17) is 0 Å². The zero-order valence-corrected chi connectivity index (χ0v) is 21.0. The Morgan fingerprint density at radius 3 is 1.77 bits per heavy atom. The van der Waals surface area contributed by atoms with Gasteiger partial charge in [-0.15, -0.1) is 0 Å². The van der Waals surface area contributed by atoms with E-state index in [0.29, 0.717) is 34.4 Å². The van der Waals surface area contributed by atoms with Gasteiger partial charge in [0.25, 0.3) is 0 Å². The summed E-state index contributed by atoms with van der Waals surface area (Å²) in [5.41, 5.74) is -0.787. The molecule has 0 amide bonds. The number of rotatable bonds is 7. The number of alkyl halides is 3. The van der Waals surface area contributed by atoms with E-state index in [2.05, 4.69) is 0 Å². The molecule has 0 radical (unpaired) electrons. The molecule has 0 N–H and O–H groups in total. The largest absolute Gasteiger partial charge is 0.422 e. The van der Waals surface area contributed by atoms with Crippen molar-refractivity contribution >= 4 is 5.83 Å². The van der Waals surface area contributed by atoms with Gasteiger partial charge in [0.2, 0.25) is 0 Å². The van der Waals surface area contributed by atoms with Crippen LogP contribution in [-0.4, -0.2) is 0 Å². The lowest BCUT2D eigenvalue weighted by Gasteiger charge is -2.12. The maximum atomic E-state index is 14.8. The maximum absolute atomic E-state index is 14.8. The molecule has 0 aliphatic carbocycles. The average molecular weight is 564 g/mol. The molecule has 0 saturated heterocycles. The van der Waals surface area contributed by atoms with Crippen LogP contribution in [0.2, 0.25) is 0 Å². The van der Waals surface area contributed by atoms with Gasteiger partial charge >= 0.3 is 6.18 Å². The molecule has 0 heterocycles. The van der Waals surface area contributed by atoms with Crippen molar-refractivity contribution in [2.45, 2.75) is 32.4 Å². The van der Waals surface area contributed by atoms with E-state index >= 15 is 0 Å². The molecule has 9 heteroatoms. The van der Waals surface area contributed by atoms with Crippen LogP contribution < -0.4 is 0 Å². The molecule has 4 rings (SSSR count). The van der Waals surface area contributed by atoms with Crippen LogP contribution >= 0.6 is 0 Å². The third-order valence-electron chi connectivity index (χ3n) is 6.43. The number of allylic oxidation sites excluding steroid dienone is 1. The normalized spacial score (nSPS) is 12.4. The molecule has 0 fully saturated rings. The van der Waals surface area contributed by atoms with Crippen molar-refractivity contribution in [1.29, 1.82) is 0 Å². The lowest BCUT2D eigenvalue weighted by Crippen LogP contribution is -2.11. The molecular formula is C31H21F9. The van der Waals surface area contributed by atoms with Gasteiger partial charge < -0.3 is 0 Å². The summed E-state index contributed by atoms with van der Waals surface area (Å²) in [7, 11) is 0. The summed E-state index contributed by atoms with van der Waals surface area (Å²) in [5, 5.41) is 0. The molecule has 0 spiro atoms. The van der Waals surface area contributed by atoms with Gasteiger partial charge in [0.1, 0.15) is 34.7 Å². The van der Waals surface area contributed by atoms with Gasteiger partial charge in [-0.25, -0.2) is 26.3 Å². The van der Waals surface area contributed by atoms with Crippen LogP contribution in [0.5, 0.6) is 0 Å². The van der Waals surface area contributed by atoms with E-state index in [1.807, 2.05) is 0 Å². The van der Waals surface area contributed by atoms with Crippen LogP contribution in [0.3, 0.4) is 0 Å². The highest BCUT2D eigenvalue weighted by Gasteiger charge is 2.38. The van der Waals surface area contributed by atoms with Crippen LogP contribution in [0.25, 0.3) is 28.1 Å². The standard InChI is InChI=1S/C31H21F9/c1-2-24(32)30(37)20-9-6-18(7-10-20)21-11-8-19(25(33)14-21)5-3-17-4-12-23(26(34)13-17)22-15-27(35)29(28(36)16-22)31(38,39)40/h4,6-16H,2-3,5H2,1H3/b30-24+. The summed E-state index contributed by atoms with van der Waals surface area (Å²) in [6, 6.07) is 14.9. The summed E-state index contributed by atoms with van der Waals surface area (Å²) < 4.78 is 123. The van der Waals surface area contributed by atoms with E-state index in [-0.39, 0.29) is 30.4 Å². The molecule has 4 aromatic rings. The van der Waals surface area contributed by atoms with E-state index in [1.165, 1.54) is 37.3 Å². The zero-order valence-electron chi connectivity index (χ0n) is 21.0. The van der Waals surface area contributed by atoms with Crippen molar-refractivity contribution in [1.82, 2.24) is 0 Å². The van der Waals surface area contributed by atoms with Gasteiger partial charge in [-0.05, 0) is 71.3 Å². The highest BCUT2D eigenvalue weighted by Crippen LogP contribution is 2.36. The molecule has 40 heavy (non-hydrogen) atoms. The fraction of sp³-hybridized carbons (Fsp3) is 0.161. The third kappa shape index (κ3) is 6.24. The summed E-state index contributed by atoms with van der Waals surface area (Å²) in [5.74, 6) is -6.94. The second-order valence-corrected chi connectivity index (χ2v) is 9.08. The van der Waals surface area contributed by atoms with Crippen molar-refractivity contribution in [3.05, 3.63) is 124 Å². The Bertz CT molecular complexity index is 1540. The van der Waals surface area contributed by atoms with Crippen molar-refractivity contribution in [2.75, 3.05) is 0 Å². The van der Waals surface area contributed by atoms with Crippen molar-refractivity contribution in [3.8, 4) is 22.3 Å². The SMILES string of the molecule is CC/C(F)=C(\F)c1ccc(-c2ccc(CCc3ccc(-c4cc(F)c(C(F)(F)F)c(F)c4)c(F)c3)c(F)c2)cc1. The summed E-state index contributed by atoms with van der Waals surface area (Å²) in [6.45, 7) is 1.49. The zero-order chi connectivity index (χ0) is 29.2. The molecule has 0 saturated carbocycles. The van der Waals surface area contributed by atoms with Gasteiger partial charge in [-0.1, -0.05) is 55.5 Å². The van der Waals surface area contributed by atoms with Crippen molar-refractivity contribution < 1.29 is 39.5 Å². The number of hydrogen-bond acceptors (Lipinski definition) is 0. The van der Waals surface area contributed by atoms with Crippen LogP contribution in [-0.2, 0) is 19.0 Å². The second-order valence-electron chi connectivity index (χ2n) is 9.08. The topological polar surface area (TPSA) is 0 Å². The molecule has 0 aliphatic heterocycles. The number of aryl methyl sites for hydroxylation is 2. The number of benzene rings is 4. The van der Waals surface area contributed by atoms with Gasteiger partial charge in [-0.3, -0.25) is 0 Å². The molecule has 0 nitrogen and oxygen atoms in total. The minimum atomic E-state index is -5.24. The molecule has 0 unspecified atom stereocenters. The highest BCUT2D eigenvalue weighted by molar-refractivity contribution is 5.69. The van der Waals surface area contributed by atoms with Gasteiger partial charge in [0, 0.05) is 11.1 Å². The minimum Gasteiger partial charge on any atom is -0.209 e. The Kier molecular flexibility index (Phi) is 8.42. The third-order valence-corrected chi connectivity index (χ3v) is 6.43. The van der Waals surface area contributed by atoms with Crippen LogP contribution in [0, 0.1) is 23.3 Å². The first kappa shape index (κ1) is 29.0. The smallest absolute Gasteiger partial charge is 0.209 e. The lowest BCUT2D eigenvalue weighted by atomic mass is 9.97. The maximum Gasteiger partial charge on any atom is 0.422 e. The van der Waals surface area contributed by atoms with Gasteiger partial charge in [0.15, 0.2) is 5.83 Å². The van der Waals surface area contributed by atoms with E-state index in [1.54, 1.807) is 24.3 Å². The summed E-state index contributed by atoms with van der Waals surface area (Å²) in [6.07, 6.45) is -4.93. The summed E-state index contributed by atoms with van der Waals surface area (Å²) in [4.78, 5) is 0. The Balaban J connectivity index is 1.48. The fourth-order valence-electron chi connectivity index (χ4n) is 4.28. The predicted molar refractivity (Wildman–Crippen MR) is 135 cm³/mol. The molecule has 0 atom stereocenters. The first-order valence-electron chi connectivity index (χ1n) is 12.2. The average Bonchev–Trinajstić information content (AvgIpc) is 2.90. The van der Waals surface area contributed by atoms with Crippen LogP contribution in [0.15, 0.2) is 78.6 Å². The second kappa shape index (κ2) is 11.6. The predicted octanol–water partition coefficient (Wildman–Crippen LogP) is 10.4. The lowest BCUT2D eigenvalue weighted by molar-refractivity contribution is -0.142. The molecule has 0 aromatic heterocycles. The van der Waals surface area contributed by atoms with Crippen molar-refractivity contribution in [2.24, 2.45) is 0 Å². The molecular weight excluding hydrogens is 543 g/mol. The highest BCUT2D eigenvalue weighted by atomic mass is 19.4. The summed E-state index contributed by atoms with van der Waals surface area (Å²) >= 11 is 0. The first-order valence-corrected chi connectivity index (χ1v) is 12.2. The van der Waals surface area contributed by atoms with E-state index in [9.17, 15) is 39.5 Å². The minimum absolute atomic E-state index is 0.0733. The molecule has 0 aliphatic rings. The van der Waals surface area contributed by atoms with Gasteiger partial charge in [-0.2, -0.15) is 13.2 Å². The Hall–Kier alpha value is -4.01. The van der Waals surface area contributed by atoms with Gasteiger partial charge in [0.05, 0.1) is 0 Å². The number of hydrogen-bond donors (Lipinski definition) is 0. The van der Waals surface area contributed by atoms with Crippen molar-refractivity contribution in [3.63, 3.8) is 0 Å². The van der Waals surface area contributed by atoms with Crippen LogP contribution in [0.1, 0.15) is 35.6 Å². The number of halogens is 9. The molecule has 0 bridgehead atoms. The van der Waals surface area contributed by atoms with Crippen LogP contribution in [0.4, 0.5) is 39.5 Å². The molecule has 4 aromatic carbocycles.